The van der Waals surface area contributed by atoms with E-state index in [0.29, 0.717) is 32.1 Å². The standard InChI is InChI=1S/C23H19N3O6S/c1-11-13(4-5-14-15(11)10-31-22(14)29)17(27)8-24-20(28)19-9-25-21(33-19)12-3-6-18-16(7-12)26(2)23(30)32-18/h3-7,9,17,27H,8,10H2,1-2H3,(H,24,28). The van der Waals surface area contributed by atoms with Crippen molar-refractivity contribution in [3.8, 4) is 10.6 Å². The van der Waals surface area contributed by atoms with Gasteiger partial charge in [0, 0.05) is 24.7 Å². The lowest BCUT2D eigenvalue weighted by atomic mass is 9.95. The van der Waals surface area contributed by atoms with Crippen LogP contribution in [0.3, 0.4) is 0 Å². The third-order valence-electron chi connectivity index (χ3n) is 5.79. The summed E-state index contributed by atoms with van der Waals surface area (Å²) in [5.41, 5.74) is 4.57. The van der Waals surface area contributed by atoms with Crippen LogP contribution in [0.15, 0.2) is 45.7 Å². The molecular formula is C23H19N3O6S. The first kappa shape index (κ1) is 21.1. The molecule has 2 N–H and O–H groups in total. The molecule has 0 fully saturated rings. The van der Waals surface area contributed by atoms with E-state index in [9.17, 15) is 19.5 Å². The summed E-state index contributed by atoms with van der Waals surface area (Å²) in [6.45, 7) is 2.02. The summed E-state index contributed by atoms with van der Waals surface area (Å²) < 4.78 is 11.6. The maximum Gasteiger partial charge on any atom is 0.419 e. The third-order valence-corrected chi connectivity index (χ3v) is 6.84. The molecule has 0 saturated heterocycles. The van der Waals surface area contributed by atoms with Crippen LogP contribution in [0, 0.1) is 6.92 Å². The molecule has 168 valence electrons. The summed E-state index contributed by atoms with van der Waals surface area (Å²) in [5, 5.41) is 14.0. The number of carbonyl (C=O) groups excluding carboxylic acids is 2. The number of aromatic nitrogens is 2. The number of rotatable bonds is 5. The van der Waals surface area contributed by atoms with E-state index in [-0.39, 0.29) is 25.0 Å². The highest BCUT2D eigenvalue weighted by molar-refractivity contribution is 7.16. The summed E-state index contributed by atoms with van der Waals surface area (Å²) in [6.07, 6.45) is 0.538. The summed E-state index contributed by atoms with van der Waals surface area (Å²) in [5.74, 6) is -1.16. The van der Waals surface area contributed by atoms with Crippen LogP contribution in [-0.2, 0) is 18.4 Å². The van der Waals surface area contributed by atoms with Gasteiger partial charge < -0.3 is 19.6 Å². The van der Waals surface area contributed by atoms with Crippen molar-refractivity contribution < 1.29 is 23.8 Å². The maximum absolute atomic E-state index is 12.6. The molecule has 0 bridgehead atoms. The highest BCUT2D eigenvalue weighted by atomic mass is 32.1. The van der Waals surface area contributed by atoms with Gasteiger partial charge in [0.1, 0.15) is 16.5 Å². The number of cyclic esters (lactones) is 1. The van der Waals surface area contributed by atoms with E-state index in [1.54, 1.807) is 37.4 Å². The summed E-state index contributed by atoms with van der Waals surface area (Å²) in [7, 11) is 1.62. The molecule has 0 radical (unpaired) electrons. The lowest BCUT2D eigenvalue weighted by Crippen LogP contribution is -2.28. The monoisotopic (exact) mass is 465 g/mol. The molecule has 2 aromatic heterocycles. The molecule has 3 heterocycles. The molecule has 1 aliphatic rings. The lowest BCUT2D eigenvalue weighted by molar-refractivity contribution is 0.0534. The molecule has 1 unspecified atom stereocenters. The molecule has 1 atom stereocenters. The van der Waals surface area contributed by atoms with Crippen molar-refractivity contribution in [2.45, 2.75) is 19.6 Å². The van der Waals surface area contributed by atoms with Crippen LogP contribution in [-0.4, -0.2) is 33.1 Å². The van der Waals surface area contributed by atoms with E-state index in [0.717, 1.165) is 16.7 Å². The van der Waals surface area contributed by atoms with Crippen molar-refractivity contribution >= 4 is 34.3 Å². The molecule has 1 aliphatic heterocycles. The maximum atomic E-state index is 12.6. The van der Waals surface area contributed by atoms with Gasteiger partial charge in [-0.3, -0.25) is 9.36 Å². The molecule has 33 heavy (non-hydrogen) atoms. The SMILES string of the molecule is Cc1c(C(O)CNC(=O)c2cnc(-c3ccc4oc(=O)n(C)c4c3)s2)ccc2c1COC2=O. The van der Waals surface area contributed by atoms with Gasteiger partial charge >= 0.3 is 11.7 Å². The van der Waals surface area contributed by atoms with Crippen LogP contribution in [0.25, 0.3) is 21.7 Å². The van der Waals surface area contributed by atoms with Crippen LogP contribution in [0.2, 0.25) is 0 Å². The number of esters is 1. The fraction of sp³-hybridized carbons (Fsp3) is 0.217. The number of fused-ring (bicyclic) bond motifs is 2. The third kappa shape index (κ3) is 3.62. The Bertz CT molecular complexity index is 1480. The van der Waals surface area contributed by atoms with Gasteiger partial charge in [0.25, 0.3) is 5.91 Å². The van der Waals surface area contributed by atoms with Crippen molar-refractivity contribution in [1.29, 1.82) is 0 Å². The average molecular weight is 465 g/mol. The number of aliphatic hydroxyl groups is 1. The molecule has 0 saturated carbocycles. The molecule has 4 aromatic rings. The number of carbonyl (C=O) groups is 2. The molecule has 2 aromatic carbocycles. The van der Waals surface area contributed by atoms with Crippen molar-refractivity contribution in [3.05, 3.63) is 74.2 Å². The zero-order valence-electron chi connectivity index (χ0n) is 17.7. The fourth-order valence-corrected chi connectivity index (χ4v) is 4.72. The predicted octanol–water partition coefficient (Wildman–Crippen LogP) is 2.70. The number of nitrogens with zero attached hydrogens (tertiary/aromatic N) is 2. The molecule has 0 spiro atoms. The second-order valence-electron chi connectivity index (χ2n) is 7.75. The Hall–Kier alpha value is -3.76. The van der Waals surface area contributed by atoms with E-state index in [1.807, 2.05) is 6.92 Å². The number of hydrogen-bond donors (Lipinski definition) is 2. The van der Waals surface area contributed by atoms with Crippen molar-refractivity contribution in [3.63, 3.8) is 0 Å². The van der Waals surface area contributed by atoms with E-state index < -0.39 is 11.9 Å². The van der Waals surface area contributed by atoms with Crippen LogP contribution in [0.4, 0.5) is 0 Å². The van der Waals surface area contributed by atoms with Gasteiger partial charge in [-0.2, -0.15) is 0 Å². The highest BCUT2D eigenvalue weighted by Gasteiger charge is 2.26. The first-order chi connectivity index (χ1) is 15.8. The van der Waals surface area contributed by atoms with E-state index in [4.69, 9.17) is 9.15 Å². The number of oxazole rings is 1. The second kappa shape index (κ2) is 7.98. The number of ether oxygens (including phenoxy) is 1. The van der Waals surface area contributed by atoms with E-state index in [1.165, 1.54) is 22.1 Å². The Kier molecular flexibility index (Phi) is 5.10. The minimum atomic E-state index is -0.938. The Balaban J connectivity index is 1.29. The number of benzene rings is 2. The van der Waals surface area contributed by atoms with Crippen LogP contribution in [0.1, 0.15) is 42.8 Å². The smallest absolute Gasteiger partial charge is 0.419 e. The zero-order chi connectivity index (χ0) is 23.3. The molecular weight excluding hydrogens is 446 g/mol. The predicted molar refractivity (Wildman–Crippen MR) is 120 cm³/mol. The first-order valence-corrected chi connectivity index (χ1v) is 11.0. The minimum Gasteiger partial charge on any atom is -0.457 e. The fourth-order valence-electron chi connectivity index (χ4n) is 3.89. The van der Waals surface area contributed by atoms with Crippen molar-refractivity contribution in [1.82, 2.24) is 14.9 Å². The summed E-state index contributed by atoms with van der Waals surface area (Å²) in [6, 6.07) is 8.58. The van der Waals surface area contributed by atoms with Crippen LogP contribution in [0.5, 0.6) is 0 Å². The van der Waals surface area contributed by atoms with Crippen LogP contribution < -0.4 is 11.1 Å². The zero-order valence-corrected chi connectivity index (χ0v) is 18.6. The van der Waals surface area contributed by atoms with E-state index >= 15 is 0 Å². The van der Waals surface area contributed by atoms with Gasteiger partial charge in [-0.1, -0.05) is 6.07 Å². The van der Waals surface area contributed by atoms with Gasteiger partial charge in [0.2, 0.25) is 0 Å². The van der Waals surface area contributed by atoms with Gasteiger partial charge in [-0.15, -0.1) is 11.3 Å². The molecule has 9 nitrogen and oxygen atoms in total. The summed E-state index contributed by atoms with van der Waals surface area (Å²) in [4.78, 5) is 40.7. The topological polar surface area (TPSA) is 124 Å². The lowest BCUT2D eigenvalue weighted by Gasteiger charge is -2.16. The quantitative estimate of drug-likeness (QED) is 0.434. The number of aryl methyl sites for hydroxylation is 1. The second-order valence-corrected chi connectivity index (χ2v) is 8.78. The number of thiazole rings is 1. The Morgan fingerprint density at radius 1 is 1.30 bits per heavy atom. The highest BCUT2D eigenvalue weighted by Crippen LogP contribution is 2.30. The van der Waals surface area contributed by atoms with Gasteiger partial charge in [0.05, 0.1) is 23.4 Å². The molecule has 5 rings (SSSR count). The number of nitrogens with one attached hydrogen (secondary N) is 1. The Morgan fingerprint density at radius 3 is 2.94 bits per heavy atom. The number of aliphatic hydroxyl groups excluding tert-OH is 1. The summed E-state index contributed by atoms with van der Waals surface area (Å²) >= 11 is 1.21. The average Bonchev–Trinajstić information content (AvgIpc) is 3.51. The van der Waals surface area contributed by atoms with E-state index in [2.05, 4.69) is 10.3 Å². The van der Waals surface area contributed by atoms with Crippen molar-refractivity contribution in [2.24, 2.45) is 7.05 Å². The molecule has 0 aliphatic carbocycles. The number of amides is 1. The first-order valence-electron chi connectivity index (χ1n) is 10.1. The van der Waals surface area contributed by atoms with Gasteiger partial charge in [0.15, 0.2) is 5.58 Å². The largest absolute Gasteiger partial charge is 0.457 e. The Morgan fingerprint density at radius 2 is 2.12 bits per heavy atom. The normalized spacial score (nSPS) is 13.7. The van der Waals surface area contributed by atoms with Gasteiger partial charge in [-0.05, 0) is 42.3 Å². The Labute approximate surface area is 191 Å². The van der Waals surface area contributed by atoms with Crippen LogP contribution >= 0.6 is 11.3 Å². The molecule has 10 heteroatoms. The number of hydrogen-bond acceptors (Lipinski definition) is 8. The molecule has 1 amide bonds. The minimum absolute atomic E-state index is 0.00356. The van der Waals surface area contributed by atoms with Gasteiger partial charge in [-0.25, -0.2) is 14.6 Å². The van der Waals surface area contributed by atoms with Crippen molar-refractivity contribution in [2.75, 3.05) is 6.54 Å².